The number of hydrogen-bond donors (Lipinski definition) is 1. The van der Waals surface area contributed by atoms with E-state index in [2.05, 4.69) is 15.2 Å². The molecule has 3 rings (SSSR count). The third-order valence-electron chi connectivity index (χ3n) is 4.20. The molecular weight excluding hydrogens is 428 g/mol. The quantitative estimate of drug-likeness (QED) is 0.563. The highest BCUT2D eigenvalue weighted by atomic mass is 19.4. The molecule has 5 nitrogen and oxygen atoms in total. The number of alkyl halides is 6. The van der Waals surface area contributed by atoms with Crippen molar-refractivity contribution in [2.75, 3.05) is 0 Å². The fraction of sp³-hybridized carbons (Fsp3) is 0.200. The molecule has 31 heavy (non-hydrogen) atoms. The molecule has 1 N–H and O–H groups in total. The van der Waals surface area contributed by atoms with Crippen LogP contribution >= 0.6 is 0 Å². The molecule has 1 aromatic heterocycles. The van der Waals surface area contributed by atoms with E-state index in [1.807, 2.05) is 0 Å². The molecule has 1 heterocycles. The molecule has 164 valence electrons. The average molecular weight is 443 g/mol. The van der Waals surface area contributed by atoms with Crippen LogP contribution in [0.3, 0.4) is 0 Å². The zero-order chi connectivity index (χ0) is 22.8. The maximum absolute atomic E-state index is 13.7. The van der Waals surface area contributed by atoms with E-state index in [9.17, 15) is 31.1 Å². The largest absolute Gasteiger partial charge is 0.573 e. The summed E-state index contributed by atoms with van der Waals surface area (Å²) in [5.41, 5.74) is -1.20. The second-order valence-electron chi connectivity index (χ2n) is 6.49. The van der Waals surface area contributed by atoms with Gasteiger partial charge in [0.1, 0.15) is 5.75 Å². The molecule has 0 aliphatic rings. The molecule has 0 saturated heterocycles. The van der Waals surface area contributed by atoms with Crippen molar-refractivity contribution >= 4 is 5.91 Å². The van der Waals surface area contributed by atoms with Crippen LogP contribution in [-0.2, 0) is 12.7 Å². The van der Waals surface area contributed by atoms with Gasteiger partial charge in [0.2, 0.25) is 0 Å². The predicted molar refractivity (Wildman–Crippen MR) is 97.6 cm³/mol. The van der Waals surface area contributed by atoms with Crippen molar-refractivity contribution in [3.8, 4) is 11.4 Å². The van der Waals surface area contributed by atoms with Gasteiger partial charge in [-0.15, -0.1) is 13.2 Å². The Balaban J connectivity index is 1.87. The van der Waals surface area contributed by atoms with Gasteiger partial charge in [-0.05, 0) is 25.1 Å². The minimum Gasteiger partial charge on any atom is -0.405 e. The summed E-state index contributed by atoms with van der Waals surface area (Å²) in [6, 6.07) is 11.0. The fourth-order valence-corrected chi connectivity index (χ4v) is 2.81. The lowest BCUT2D eigenvalue weighted by Crippen LogP contribution is -2.27. The van der Waals surface area contributed by atoms with E-state index >= 15 is 0 Å². The van der Waals surface area contributed by atoms with Crippen LogP contribution in [0.5, 0.6) is 5.75 Å². The van der Waals surface area contributed by atoms with Crippen LogP contribution in [0.25, 0.3) is 5.69 Å². The van der Waals surface area contributed by atoms with Gasteiger partial charge in [-0.25, -0.2) is 4.68 Å². The first kappa shape index (κ1) is 22.2. The van der Waals surface area contributed by atoms with Crippen molar-refractivity contribution in [1.82, 2.24) is 15.1 Å². The molecule has 0 aliphatic carbocycles. The predicted octanol–water partition coefficient (Wildman–Crippen LogP) is 5.03. The molecule has 0 aliphatic heterocycles. The zero-order valence-electron chi connectivity index (χ0n) is 15.9. The molecule has 0 bridgehead atoms. The normalized spacial score (nSPS) is 12.0. The van der Waals surface area contributed by atoms with Crippen molar-refractivity contribution in [3.05, 3.63) is 77.1 Å². The van der Waals surface area contributed by atoms with E-state index in [0.717, 1.165) is 17.8 Å². The topological polar surface area (TPSA) is 56.2 Å². The lowest BCUT2D eigenvalue weighted by atomic mass is 10.1. The number of aromatic nitrogens is 2. The molecule has 0 spiro atoms. The van der Waals surface area contributed by atoms with Crippen LogP contribution < -0.4 is 10.1 Å². The highest BCUT2D eigenvalue weighted by Crippen LogP contribution is 2.34. The van der Waals surface area contributed by atoms with Crippen molar-refractivity contribution in [2.24, 2.45) is 0 Å². The van der Waals surface area contributed by atoms with Gasteiger partial charge < -0.3 is 10.1 Å². The van der Waals surface area contributed by atoms with Crippen molar-refractivity contribution in [3.63, 3.8) is 0 Å². The van der Waals surface area contributed by atoms with Gasteiger partial charge in [-0.2, -0.15) is 18.3 Å². The first-order valence-corrected chi connectivity index (χ1v) is 8.80. The summed E-state index contributed by atoms with van der Waals surface area (Å²) in [6.07, 6.45) is -9.11. The lowest BCUT2D eigenvalue weighted by Gasteiger charge is -2.15. The number of para-hydroxylation sites is 1. The summed E-state index contributed by atoms with van der Waals surface area (Å²) < 4.78 is 83.1. The van der Waals surface area contributed by atoms with Gasteiger partial charge >= 0.3 is 12.5 Å². The number of nitrogens with one attached hydrogen (secondary N) is 1. The third-order valence-corrected chi connectivity index (χ3v) is 4.20. The number of rotatable bonds is 5. The van der Waals surface area contributed by atoms with Crippen molar-refractivity contribution in [1.29, 1.82) is 0 Å². The molecule has 3 aromatic rings. The van der Waals surface area contributed by atoms with Gasteiger partial charge in [0.25, 0.3) is 5.91 Å². The first-order valence-electron chi connectivity index (χ1n) is 8.80. The lowest BCUT2D eigenvalue weighted by molar-refractivity contribution is -0.274. The van der Waals surface area contributed by atoms with E-state index in [1.54, 1.807) is 19.1 Å². The Morgan fingerprint density at radius 2 is 1.68 bits per heavy atom. The number of ether oxygens (including phenoxy) is 1. The molecule has 0 radical (unpaired) electrons. The minimum absolute atomic E-state index is 0.0624. The number of carbonyl (C=O) groups is 1. The number of nitrogens with zero attached hydrogens (tertiary/aromatic N) is 2. The number of carbonyl (C=O) groups excluding carboxylic acids is 1. The van der Waals surface area contributed by atoms with Gasteiger partial charge in [0.05, 0.1) is 17.4 Å². The smallest absolute Gasteiger partial charge is 0.405 e. The maximum atomic E-state index is 13.7. The van der Waals surface area contributed by atoms with Crippen LogP contribution in [0.2, 0.25) is 0 Å². The Morgan fingerprint density at radius 1 is 1.03 bits per heavy atom. The van der Waals surface area contributed by atoms with Gasteiger partial charge in [0, 0.05) is 12.1 Å². The van der Waals surface area contributed by atoms with Crippen molar-refractivity contribution in [2.45, 2.75) is 26.0 Å². The Bertz CT molecular complexity index is 1070. The number of benzene rings is 2. The number of hydrogen-bond acceptors (Lipinski definition) is 3. The summed E-state index contributed by atoms with van der Waals surface area (Å²) >= 11 is 0. The summed E-state index contributed by atoms with van der Waals surface area (Å²) in [5, 5.41) is 5.88. The molecule has 0 fully saturated rings. The summed E-state index contributed by atoms with van der Waals surface area (Å²) in [6.45, 7) is 1.27. The standard InChI is InChI=1S/C20H15F6N3O2/c1-12-6-8-14(9-7-12)29-17(19(21,22)23)15(11-28-29)18(30)27-10-13-4-2-3-5-16(13)31-20(24,25)26/h2-9,11H,10H2,1H3,(H,27,30). The first-order chi connectivity index (χ1) is 14.5. The van der Waals surface area contributed by atoms with Gasteiger partial charge in [-0.3, -0.25) is 4.79 Å². The maximum Gasteiger partial charge on any atom is 0.573 e. The minimum atomic E-state index is -4.96. The van der Waals surface area contributed by atoms with Crippen LogP contribution in [0, 0.1) is 6.92 Å². The molecule has 0 unspecified atom stereocenters. The summed E-state index contributed by atoms with van der Waals surface area (Å²) in [5.74, 6) is -1.71. The highest BCUT2D eigenvalue weighted by Gasteiger charge is 2.40. The number of amides is 1. The van der Waals surface area contributed by atoms with Crippen LogP contribution in [0.4, 0.5) is 26.3 Å². The Hall–Kier alpha value is -3.50. The molecule has 0 atom stereocenters. The molecule has 1 amide bonds. The second kappa shape index (κ2) is 8.32. The molecule has 2 aromatic carbocycles. The van der Waals surface area contributed by atoms with Crippen LogP contribution in [0.15, 0.2) is 54.7 Å². The summed E-state index contributed by atoms with van der Waals surface area (Å²) in [4.78, 5) is 12.5. The molecule has 11 heteroatoms. The third kappa shape index (κ3) is 5.36. The number of halogens is 6. The van der Waals surface area contributed by atoms with E-state index in [4.69, 9.17) is 0 Å². The number of aryl methyl sites for hydroxylation is 1. The average Bonchev–Trinajstić information content (AvgIpc) is 3.12. The van der Waals surface area contributed by atoms with E-state index in [1.165, 1.54) is 30.3 Å². The monoisotopic (exact) mass is 443 g/mol. The zero-order valence-corrected chi connectivity index (χ0v) is 15.9. The van der Waals surface area contributed by atoms with Gasteiger partial charge in [0.15, 0.2) is 5.69 Å². The Morgan fingerprint density at radius 3 is 2.29 bits per heavy atom. The highest BCUT2D eigenvalue weighted by molar-refractivity contribution is 5.95. The molecule has 0 saturated carbocycles. The van der Waals surface area contributed by atoms with E-state index in [0.29, 0.717) is 4.68 Å². The second-order valence-corrected chi connectivity index (χ2v) is 6.49. The SMILES string of the molecule is Cc1ccc(-n2ncc(C(=O)NCc3ccccc3OC(F)(F)F)c2C(F)(F)F)cc1. The fourth-order valence-electron chi connectivity index (χ4n) is 2.81. The summed E-state index contributed by atoms with van der Waals surface area (Å²) in [7, 11) is 0. The van der Waals surface area contributed by atoms with Crippen molar-refractivity contribution < 1.29 is 35.9 Å². The van der Waals surface area contributed by atoms with E-state index in [-0.39, 0.29) is 11.3 Å². The van der Waals surface area contributed by atoms with E-state index < -0.39 is 42.0 Å². The molecular formula is C20H15F6N3O2. The van der Waals surface area contributed by atoms with Crippen LogP contribution in [0.1, 0.15) is 27.2 Å². The Kier molecular flexibility index (Phi) is 5.96. The van der Waals surface area contributed by atoms with Gasteiger partial charge in [-0.1, -0.05) is 35.9 Å². The Labute approximate surface area is 172 Å². The van der Waals surface area contributed by atoms with Crippen LogP contribution in [-0.4, -0.2) is 22.1 Å².